The number of hydrogen-bond acceptors (Lipinski definition) is 6. The van der Waals surface area contributed by atoms with Crippen molar-refractivity contribution in [2.24, 2.45) is 0 Å². The first-order valence-corrected chi connectivity index (χ1v) is 9.12. The summed E-state index contributed by atoms with van der Waals surface area (Å²) in [6.45, 7) is 3.97. The molecule has 9 heteroatoms. The van der Waals surface area contributed by atoms with Crippen LogP contribution in [0.25, 0.3) is 0 Å². The third kappa shape index (κ3) is 4.73. The standard InChI is InChI=1S/C19H26N4O5/c1-4-6-11-23-17(20)16(18(25)21-19(23)26)22(5-2)15(24)12-28-14-9-7-13(27-3)8-10-14/h7-10H,4-6,11-12,20H2,1-3H3,(H,21,25,26). The maximum Gasteiger partial charge on any atom is 0.330 e. The molecule has 0 aliphatic carbocycles. The summed E-state index contributed by atoms with van der Waals surface area (Å²) in [7, 11) is 1.56. The second kappa shape index (κ2) is 9.63. The number of amides is 1. The van der Waals surface area contributed by atoms with E-state index in [-0.39, 0.29) is 24.7 Å². The van der Waals surface area contributed by atoms with Crippen LogP contribution in [0, 0.1) is 0 Å². The number of hydrogen-bond donors (Lipinski definition) is 2. The second-order valence-electron chi connectivity index (χ2n) is 6.10. The number of nitrogens with one attached hydrogen (secondary N) is 1. The monoisotopic (exact) mass is 390 g/mol. The molecule has 0 aliphatic heterocycles. The van der Waals surface area contributed by atoms with Crippen LogP contribution < -0.4 is 31.4 Å². The number of benzene rings is 1. The predicted octanol–water partition coefficient (Wildman–Crippen LogP) is 1.36. The molecular formula is C19H26N4O5. The molecule has 1 aromatic heterocycles. The third-order valence-corrected chi connectivity index (χ3v) is 4.26. The zero-order chi connectivity index (χ0) is 20.7. The van der Waals surface area contributed by atoms with Crippen molar-refractivity contribution in [2.75, 3.05) is 30.9 Å². The minimum Gasteiger partial charge on any atom is -0.497 e. The fourth-order valence-electron chi connectivity index (χ4n) is 2.73. The molecule has 28 heavy (non-hydrogen) atoms. The number of aromatic nitrogens is 2. The molecular weight excluding hydrogens is 364 g/mol. The molecule has 0 fully saturated rings. The number of nitrogen functional groups attached to an aromatic ring is 1. The number of carbonyl (C=O) groups excluding carboxylic acids is 1. The number of aromatic amines is 1. The molecule has 152 valence electrons. The fraction of sp³-hybridized carbons (Fsp3) is 0.421. The Morgan fingerprint density at radius 1 is 1.18 bits per heavy atom. The first-order valence-electron chi connectivity index (χ1n) is 9.12. The highest BCUT2D eigenvalue weighted by molar-refractivity contribution is 5.96. The van der Waals surface area contributed by atoms with E-state index in [9.17, 15) is 14.4 Å². The average Bonchev–Trinajstić information content (AvgIpc) is 2.69. The van der Waals surface area contributed by atoms with Crippen LogP contribution in [-0.2, 0) is 11.3 Å². The molecule has 1 aromatic carbocycles. The van der Waals surface area contributed by atoms with Crippen LogP contribution in [0.2, 0.25) is 0 Å². The van der Waals surface area contributed by atoms with Crippen LogP contribution in [0.3, 0.4) is 0 Å². The highest BCUT2D eigenvalue weighted by atomic mass is 16.5. The van der Waals surface area contributed by atoms with E-state index < -0.39 is 17.2 Å². The summed E-state index contributed by atoms with van der Waals surface area (Å²) in [5, 5.41) is 0. The largest absolute Gasteiger partial charge is 0.497 e. The van der Waals surface area contributed by atoms with Gasteiger partial charge in [0.2, 0.25) is 0 Å². The number of likely N-dealkylation sites (N-methyl/N-ethyl adjacent to an activating group) is 1. The van der Waals surface area contributed by atoms with Gasteiger partial charge < -0.3 is 20.1 Å². The molecule has 0 aliphatic rings. The molecule has 1 heterocycles. The lowest BCUT2D eigenvalue weighted by Crippen LogP contribution is -2.42. The summed E-state index contributed by atoms with van der Waals surface area (Å²) < 4.78 is 11.9. The smallest absolute Gasteiger partial charge is 0.330 e. The molecule has 0 saturated heterocycles. The van der Waals surface area contributed by atoms with E-state index in [4.69, 9.17) is 15.2 Å². The van der Waals surface area contributed by atoms with E-state index in [1.165, 1.54) is 9.47 Å². The van der Waals surface area contributed by atoms with Crippen LogP contribution in [0.15, 0.2) is 33.9 Å². The maximum absolute atomic E-state index is 12.7. The van der Waals surface area contributed by atoms with Crippen LogP contribution in [0.4, 0.5) is 11.5 Å². The van der Waals surface area contributed by atoms with Gasteiger partial charge in [-0.15, -0.1) is 0 Å². The van der Waals surface area contributed by atoms with Crippen molar-refractivity contribution in [3.05, 3.63) is 45.1 Å². The maximum atomic E-state index is 12.7. The Labute approximate surface area is 162 Å². The Morgan fingerprint density at radius 2 is 1.82 bits per heavy atom. The van der Waals surface area contributed by atoms with Crippen LogP contribution >= 0.6 is 0 Å². The highest BCUT2D eigenvalue weighted by Crippen LogP contribution is 2.19. The van der Waals surface area contributed by atoms with Gasteiger partial charge >= 0.3 is 5.69 Å². The minimum absolute atomic E-state index is 0.0261. The van der Waals surface area contributed by atoms with E-state index >= 15 is 0 Å². The molecule has 0 radical (unpaired) electrons. The second-order valence-corrected chi connectivity index (χ2v) is 6.10. The lowest BCUT2D eigenvalue weighted by molar-refractivity contribution is -0.120. The molecule has 1 amide bonds. The predicted molar refractivity (Wildman–Crippen MR) is 107 cm³/mol. The number of nitrogens with zero attached hydrogens (tertiary/aromatic N) is 2. The number of methoxy groups -OCH3 is 1. The molecule has 0 atom stereocenters. The summed E-state index contributed by atoms with van der Waals surface area (Å²) in [5.74, 6) is 0.681. The topological polar surface area (TPSA) is 120 Å². The van der Waals surface area contributed by atoms with Crippen LogP contribution in [0.5, 0.6) is 11.5 Å². The number of unbranched alkanes of at least 4 members (excludes halogenated alkanes) is 1. The van der Waals surface area contributed by atoms with Crippen molar-refractivity contribution >= 4 is 17.4 Å². The van der Waals surface area contributed by atoms with Gasteiger partial charge in [-0.25, -0.2) is 4.79 Å². The Kier molecular flexibility index (Phi) is 7.25. The number of carbonyl (C=O) groups is 1. The number of rotatable bonds is 9. The van der Waals surface area contributed by atoms with Crippen molar-refractivity contribution in [3.63, 3.8) is 0 Å². The van der Waals surface area contributed by atoms with E-state index in [1.807, 2.05) is 6.92 Å². The number of nitrogens with two attached hydrogens (primary N) is 1. The summed E-state index contributed by atoms with van der Waals surface area (Å²) >= 11 is 0. The van der Waals surface area contributed by atoms with Crippen molar-refractivity contribution in [1.29, 1.82) is 0 Å². The van der Waals surface area contributed by atoms with Crippen LogP contribution in [0.1, 0.15) is 26.7 Å². The van der Waals surface area contributed by atoms with Gasteiger partial charge in [0.25, 0.3) is 11.5 Å². The van der Waals surface area contributed by atoms with Crippen LogP contribution in [-0.4, -0.2) is 35.7 Å². The lowest BCUT2D eigenvalue weighted by Gasteiger charge is -2.23. The van der Waals surface area contributed by atoms with E-state index in [2.05, 4.69) is 4.98 Å². The van der Waals surface area contributed by atoms with Gasteiger partial charge in [-0.1, -0.05) is 13.3 Å². The van der Waals surface area contributed by atoms with Gasteiger partial charge in [0, 0.05) is 13.1 Å². The average molecular weight is 390 g/mol. The van der Waals surface area contributed by atoms with Gasteiger partial charge in [-0.05, 0) is 37.6 Å². The molecule has 9 nitrogen and oxygen atoms in total. The van der Waals surface area contributed by atoms with Gasteiger partial charge in [0.05, 0.1) is 7.11 Å². The van der Waals surface area contributed by atoms with Gasteiger partial charge in [-0.2, -0.15) is 0 Å². The first kappa shape index (κ1) is 21.1. The van der Waals surface area contributed by atoms with Crippen molar-refractivity contribution in [1.82, 2.24) is 9.55 Å². The normalized spacial score (nSPS) is 10.5. The third-order valence-electron chi connectivity index (χ3n) is 4.26. The van der Waals surface area contributed by atoms with Gasteiger partial charge in [0.1, 0.15) is 17.3 Å². The van der Waals surface area contributed by atoms with Crippen molar-refractivity contribution in [2.45, 2.75) is 33.2 Å². The number of H-pyrrole nitrogens is 1. The Bertz CT molecular complexity index is 917. The summed E-state index contributed by atoms with van der Waals surface area (Å²) in [6.07, 6.45) is 1.57. The minimum atomic E-state index is -0.699. The Balaban J connectivity index is 2.24. The first-order chi connectivity index (χ1) is 13.4. The fourth-order valence-corrected chi connectivity index (χ4v) is 2.73. The molecule has 0 spiro atoms. The quantitative estimate of drug-likeness (QED) is 0.667. The molecule has 0 unspecified atom stereocenters. The Morgan fingerprint density at radius 3 is 2.39 bits per heavy atom. The molecule has 0 saturated carbocycles. The SMILES string of the molecule is CCCCn1c(N)c(N(CC)C(=O)COc2ccc(OC)cc2)c(=O)[nH]c1=O. The van der Waals surface area contributed by atoms with Crippen molar-refractivity contribution < 1.29 is 14.3 Å². The number of ether oxygens (including phenoxy) is 2. The van der Waals surface area contributed by atoms with E-state index in [1.54, 1.807) is 38.3 Å². The zero-order valence-corrected chi connectivity index (χ0v) is 16.4. The van der Waals surface area contributed by atoms with E-state index in [0.29, 0.717) is 18.0 Å². The summed E-state index contributed by atoms with van der Waals surface area (Å²) in [5.41, 5.74) is 4.75. The zero-order valence-electron chi connectivity index (χ0n) is 16.4. The van der Waals surface area contributed by atoms with E-state index in [0.717, 1.165) is 12.8 Å². The highest BCUT2D eigenvalue weighted by Gasteiger charge is 2.23. The van der Waals surface area contributed by atoms with Crippen molar-refractivity contribution in [3.8, 4) is 11.5 Å². The number of anilines is 2. The summed E-state index contributed by atoms with van der Waals surface area (Å²) in [4.78, 5) is 40.5. The molecule has 2 rings (SSSR count). The molecule has 2 aromatic rings. The molecule has 0 bridgehead atoms. The molecule has 3 N–H and O–H groups in total. The van der Waals surface area contributed by atoms with Gasteiger partial charge in [-0.3, -0.25) is 19.1 Å². The summed E-state index contributed by atoms with van der Waals surface area (Å²) in [6, 6.07) is 6.77. The Hall–Kier alpha value is -3.23. The van der Waals surface area contributed by atoms with Gasteiger partial charge in [0.15, 0.2) is 12.3 Å². The lowest BCUT2D eigenvalue weighted by atomic mass is 10.3.